The molecule has 2 rings (SSSR count). The van der Waals surface area contributed by atoms with Crippen molar-refractivity contribution in [3.8, 4) is 0 Å². The number of nitrogens with one attached hydrogen (secondary N) is 2. The Kier molecular flexibility index (Phi) is 5.84. The van der Waals surface area contributed by atoms with Crippen LogP contribution < -0.4 is 10.7 Å². The van der Waals surface area contributed by atoms with Crippen molar-refractivity contribution in [1.82, 2.24) is 5.43 Å². The SMILES string of the molecule is C/C(=N\NC(=O)c1ccc(NC(=O)C(C)C)cc1)c1ccccc1. The first-order chi connectivity index (χ1) is 11.5. The van der Waals surface area contributed by atoms with Gasteiger partial charge in [-0.05, 0) is 36.8 Å². The molecule has 0 bridgehead atoms. The first kappa shape index (κ1) is 17.4. The van der Waals surface area contributed by atoms with E-state index in [1.54, 1.807) is 24.3 Å². The minimum atomic E-state index is -0.299. The highest BCUT2D eigenvalue weighted by atomic mass is 16.2. The summed E-state index contributed by atoms with van der Waals surface area (Å²) in [5.41, 5.74) is 5.35. The lowest BCUT2D eigenvalue weighted by molar-refractivity contribution is -0.118. The molecule has 2 aromatic rings. The summed E-state index contributed by atoms with van der Waals surface area (Å²) in [6, 6.07) is 16.3. The standard InChI is InChI=1S/C19H21N3O2/c1-13(2)18(23)20-17-11-9-16(10-12-17)19(24)22-21-14(3)15-7-5-4-6-8-15/h4-13H,1-3H3,(H,20,23)(H,22,24)/b21-14+. The summed E-state index contributed by atoms with van der Waals surface area (Å²) in [6.07, 6.45) is 0. The summed E-state index contributed by atoms with van der Waals surface area (Å²) in [6.45, 7) is 5.48. The zero-order valence-corrected chi connectivity index (χ0v) is 14.0. The van der Waals surface area contributed by atoms with Crippen LogP contribution in [0.4, 0.5) is 5.69 Å². The second-order valence-corrected chi connectivity index (χ2v) is 5.73. The van der Waals surface area contributed by atoms with Gasteiger partial charge in [0.05, 0.1) is 5.71 Å². The monoisotopic (exact) mass is 323 g/mol. The zero-order valence-electron chi connectivity index (χ0n) is 14.0. The van der Waals surface area contributed by atoms with Gasteiger partial charge in [-0.3, -0.25) is 9.59 Å². The average molecular weight is 323 g/mol. The van der Waals surface area contributed by atoms with E-state index in [4.69, 9.17) is 0 Å². The Hall–Kier alpha value is -2.95. The van der Waals surface area contributed by atoms with E-state index in [0.29, 0.717) is 11.3 Å². The highest BCUT2D eigenvalue weighted by molar-refractivity contribution is 6.01. The fraction of sp³-hybridized carbons (Fsp3) is 0.211. The maximum Gasteiger partial charge on any atom is 0.271 e. The first-order valence-electron chi connectivity index (χ1n) is 7.78. The molecule has 0 spiro atoms. The van der Waals surface area contributed by atoms with E-state index in [0.717, 1.165) is 11.3 Å². The first-order valence-corrected chi connectivity index (χ1v) is 7.78. The molecule has 0 fully saturated rings. The Balaban J connectivity index is 1.99. The Morgan fingerprint density at radius 3 is 2.12 bits per heavy atom. The van der Waals surface area contributed by atoms with Gasteiger partial charge in [-0.2, -0.15) is 5.10 Å². The van der Waals surface area contributed by atoms with Crippen LogP contribution in [0, 0.1) is 5.92 Å². The molecule has 0 radical (unpaired) electrons. The lowest BCUT2D eigenvalue weighted by atomic mass is 10.1. The van der Waals surface area contributed by atoms with E-state index in [9.17, 15) is 9.59 Å². The van der Waals surface area contributed by atoms with Gasteiger partial charge in [0.15, 0.2) is 0 Å². The van der Waals surface area contributed by atoms with Crippen molar-refractivity contribution in [3.05, 3.63) is 65.7 Å². The van der Waals surface area contributed by atoms with Gasteiger partial charge in [0.1, 0.15) is 0 Å². The van der Waals surface area contributed by atoms with Gasteiger partial charge < -0.3 is 5.32 Å². The quantitative estimate of drug-likeness (QED) is 0.653. The normalized spacial score (nSPS) is 11.2. The average Bonchev–Trinajstić information content (AvgIpc) is 2.60. The minimum absolute atomic E-state index is 0.0599. The summed E-state index contributed by atoms with van der Waals surface area (Å²) in [7, 11) is 0. The molecule has 5 nitrogen and oxygen atoms in total. The number of amides is 2. The summed E-state index contributed by atoms with van der Waals surface area (Å²) < 4.78 is 0. The van der Waals surface area contributed by atoms with Crippen molar-refractivity contribution in [2.45, 2.75) is 20.8 Å². The van der Waals surface area contributed by atoms with Gasteiger partial charge >= 0.3 is 0 Å². The third-order valence-corrected chi connectivity index (χ3v) is 3.46. The molecule has 0 saturated carbocycles. The van der Waals surface area contributed by atoms with Crippen LogP contribution in [0.2, 0.25) is 0 Å². The van der Waals surface area contributed by atoms with Crippen LogP contribution in [-0.2, 0) is 4.79 Å². The van der Waals surface area contributed by atoms with Gasteiger partial charge in [-0.25, -0.2) is 5.43 Å². The van der Waals surface area contributed by atoms with Crippen molar-refractivity contribution >= 4 is 23.2 Å². The Bertz CT molecular complexity index is 735. The number of hydrogen-bond donors (Lipinski definition) is 2. The highest BCUT2D eigenvalue weighted by Crippen LogP contribution is 2.11. The predicted octanol–water partition coefficient (Wildman–Crippen LogP) is 3.44. The summed E-state index contributed by atoms with van der Waals surface area (Å²) in [5.74, 6) is -0.453. The van der Waals surface area contributed by atoms with E-state index in [1.165, 1.54) is 0 Å². The smallest absolute Gasteiger partial charge is 0.271 e. The lowest BCUT2D eigenvalue weighted by Gasteiger charge is -2.08. The molecule has 0 aliphatic carbocycles. The predicted molar refractivity (Wildman–Crippen MR) is 96.0 cm³/mol. The zero-order chi connectivity index (χ0) is 17.5. The lowest BCUT2D eigenvalue weighted by Crippen LogP contribution is -2.20. The maximum atomic E-state index is 12.1. The number of nitrogens with zero attached hydrogens (tertiary/aromatic N) is 1. The molecule has 0 saturated heterocycles. The number of carbonyl (C=O) groups is 2. The molecule has 2 N–H and O–H groups in total. The van der Waals surface area contributed by atoms with Gasteiger partial charge in [0.2, 0.25) is 5.91 Å². The van der Waals surface area contributed by atoms with Gasteiger partial charge in [-0.15, -0.1) is 0 Å². The van der Waals surface area contributed by atoms with E-state index in [-0.39, 0.29) is 17.7 Å². The van der Waals surface area contributed by atoms with E-state index >= 15 is 0 Å². The van der Waals surface area contributed by atoms with Gasteiger partial charge in [0.25, 0.3) is 5.91 Å². The second-order valence-electron chi connectivity index (χ2n) is 5.73. The third-order valence-electron chi connectivity index (χ3n) is 3.46. The summed E-state index contributed by atoms with van der Waals surface area (Å²) in [5, 5.41) is 6.89. The van der Waals surface area contributed by atoms with Crippen LogP contribution in [0.1, 0.15) is 36.7 Å². The number of hydrogen-bond acceptors (Lipinski definition) is 3. The van der Waals surface area contributed by atoms with Crippen molar-refractivity contribution in [2.75, 3.05) is 5.32 Å². The molecule has 0 unspecified atom stereocenters. The number of benzene rings is 2. The molecule has 24 heavy (non-hydrogen) atoms. The summed E-state index contributed by atoms with van der Waals surface area (Å²) in [4.78, 5) is 23.8. The maximum absolute atomic E-state index is 12.1. The Morgan fingerprint density at radius 2 is 1.54 bits per heavy atom. The molecule has 0 atom stereocenters. The van der Waals surface area contributed by atoms with Crippen molar-refractivity contribution in [1.29, 1.82) is 0 Å². The van der Waals surface area contributed by atoms with Crippen LogP contribution in [0.5, 0.6) is 0 Å². The van der Waals surface area contributed by atoms with E-state index < -0.39 is 0 Å². The molecule has 2 amide bonds. The van der Waals surface area contributed by atoms with Crippen molar-refractivity contribution in [3.63, 3.8) is 0 Å². The van der Waals surface area contributed by atoms with Crippen molar-refractivity contribution in [2.24, 2.45) is 11.0 Å². The number of anilines is 1. The molecule has 2 aromatic carbocycles. The molecule has 124 valence electrons. The number of rotatable bonds is 5. The van der Waals surface area contributed by atoms with Crippen LogP contribution in [0.3, 0.4) is 0 Å². The number of hydrazone groups is 1. The molecule has 0 aromatic heterocycles. The molecule has 0 aliphatic rings. The van der Waals surface area contributed by atoms with Crippen LogP contribution >= 0.6 is 0 Å². The fourth-order valence-corrected chi connectivity index (χ4v) is 1.93. The van der Waals surface area contributed by atoms with Gasteiger partial charge in [-0.1, -0.05) is 44.2 Å². The van der Waals surface area contributed by atoms with Gasteiger partial charge in [0, 0.05) is 17.2 Å². The molecule has 0 aliphatic heterocycles. The van der Waals surface area contributed by atoms with Crippen LogP contribution in [0.25, 0.3) is 0 Å². The Morgan fingerprint density at radius 1 is 0.917 bits per heavy atom. The fourth-order valence-electron chi connectivity index (χ4n) is 1.93. The molecule has 0 heterocycles. The molecular weight excluding hydrogens is 302 g/mol. The minimum Gasteiger partial charge on any atom is -0.326 e. The van der Waals surface area contributed by atoms with Crippen molar-refractivity contribution < 1.29 is 9.59 Å². The molecule has 5 heteroatoms. The van der Waals surface area contributed by atoms with Crippen LogP contribution in [0.15, 0.2) is 59.7 Å². The number of carbonyl (C=O) groups excluding carboxylic acids is 2. The van der Waals surface area contributed by atoms with Crippen LogP contribution in [-0.4, -0.2) is 17.5 Å². The topological polar surface area (TPSA) is 70.6 Å². The highest BCUT2D eigenvalue weighted by Gasteiger charge is 2.08. The second kappa shape index (κ2) is 8.06. The summed E-state index contributed by atoms with van der Waals surface area (Å²) >= 11 is 0. The Labute approximate surface area is 141 Å². The van der Waals surface area contributed by atoms with E-state index in [2.05, 4.69) is 15.8 Å². The molecular formula is C19H21N3O2. The third kappa shape index (κ3) is 4.78. The largest absolute Gasteiger partial charge is 0.326 e. The van der Waals surface area contributed by atoms with E-state index in [1.807, 2.05) is 51.1 Å².